The van der Waals surface area contributed by atoms with Gasteiger partial charge in [0.1, 0.15) is 0 Å². The van der Waals surface area contributed by atoms with Crippen molar-refractivity contribution in [2.24, 2.45) is 0 Å². The second-order valence-corrected chi connectivity index (χ2v) is 3.23. The van der Waals surface area contributed by atoms with Crippen LogP contribution in [-0.2, 0) is 6.54 Å². The summed E-state index contributed by atoms with van der Waals surface area (Å²) in [5.74, 6) is 0. The Hall–Kier alpha value is -1.08. The van der Waals surface area contributed by atoms with Crippen molar-refractivity contribution < 1.29 is 0 Å². The average Bonchev–Trinajstić information content (AvgIpc) is 2.89. The molecule has 0 aliphatic carbocycles. The third kappa shape index (κ3) is 1.74. The third-order valence-electron chi connectivity index (χ3n) is 2.13. The van der Waals surface area contributed by atoms with E-state index in [1.165, 1.54) is 24.2 Å². The van der Waals surface area contributed by atoms with Crippen LogP contribution in [0.2, 0.25) is 0 Å². The molecule has 0 atom stereocenters. The lowest BCUT2D eigenvalue weighted by Crippen LogP contribution is -1.96. The Morgan fingerprint density at radius 3 is 2.92 bits per heavy atom. The van der Waals surface area contributed by atoms with Crippen LogP contribution in [0.3, 0.4) is 0 Å². The topological polar surface area (TPSA) is 3.01 Å². The summed E-state index contributed by atoms with van der Waals surface area (Å²) in [6, 6.07) is 8.55. The minimum atomic E-state index is 1.10. The molecule has 1 aromatic rings. The Labute approximate surface area is 73.3 Å². The summed E-state index contributed by atoms with van der Waals surface area (Å²) in [4.78, 5) is 2.40. The second kappa shape index (κ2) is 3.11. The quantitative estimate of drug-likeness (QED) is 0.611. The van der Waals surface area contributed by atoms with E-state index in [-0.39, 0.29) is 0 Å². The molecule has 2 rings (SSSR count). The highest BCUT2D eigenvalue weighted by atomic mass is 15.2. The fourth-order valence-corrected chi connectivity index (χ4v) is 1.31. The summed E-state index contributed by atoms with van der Waals surface area (Å²) in [6.07, 6.45) is 1.89. The summed E-state index contributed by atoms with van der Waals surface area (Å²) in [5.41, 5.74) is 2.61. The molecule has 1 aliphatic heterocycles. The molecule has 1 aromatic carbocycles. The summed E-state index contributed by atoms with van der Waals surface area (Å²) in [5, 5.41) is 0. The Morgan fingerprint density at radius 2 is 2.25 bits per heavy atom. The van der Waals surface area contributed by atoms with E-state index in [4.69, 9.17) is 0 Å². The Kier molecular flexibility index (Phi) is 1.96. The molecule has 1 heterocycles. The number of nitrogens with zero attached hydrogens (tertiary/aromatic N) is 1. The van der Waals surface area contributed by atoms with Crippen LogP contribution in [0.15, 0.2) is 30.8 Å². The van der Waals surface area contributed by atoms with Gasteiger partial charge < -0.3 is 0 Å². The minimum Gasteiger partial charge on any atom is -0.297 e. The van der Waals surface area contributed by atoms with E-state index in [1.54, 1.807) is 0 Å². The van der Waals surface area contributed by atoms with E-state index >= 15 is 0 Å². The molecular formula is C11H13N. The molecule has 0 aromatic heterocycles. The SMILES string of the molecule is C=Cc1cccc(CN2CC2)c1. The zero-order valence-corrected chi connectivity index (χ0v) is 7.16. The van der Waals surface area contributed by atoms with Crippen LogP contribution in [0.4, 0.5) is 0 Å². The molecule has 0 unspecified atom stereocenters. The first kappa shape index (κ1) is 7.56. The van der Waals surface area contributed by atoms with Gasteiger partial charge in [-0.2, -0.15) is 0 Å². The molecule has 0 amide bonds. The predicted molar refractivity (Wildman–Crippen MR) is 51.8 cm³/mol. The Morgan fingerprint density at radius 1 is 1.42 bits per heavy atom. The average molecular weight is 159 g/mol. The smallest absolute Gasteiger partial charge is 0.0235 e. The monoisotopic (exact) mass is 159 g/mol. The van der Waals surface area contributed by atoms with E-state index in [0.717, 1.165) is 6.54 Å². The Balaban J connectivity index is 2.13. The van der Waals surface area contributed by atoms with Gasteiger partial charge in [-0.1, -0.05) is 36.9 Å². The summed E-state index contributed by atoms with van der Waals surface area (Å²) >= 11 is 0. The van der Waals surface area contributed by atoms with Crippen molar-refractivity contribution in [3.8, 4) is 0 Å². The molecule has 1 fully saturated rings. The molecule has 0 bridgehead atoms. The highest BCUT2D eigenvalue weighted by molar-refractivity contribution is 5.47. The lowest BCUT2D eigenvalue weighted by molar-refractivity contribution is 0.556. The molecule has 0 N–H and O–H groups in total. The summed E-state index contributed by atoms with van der Waals surface area (Å²) in [7, 11) is 0. The standard InChI is InChI=1S/C11H13N/c1-2-10-4-3-5-11(8-10)9-12-6-7-12/h2-5,8H,1,6-7,9H2. The maximum atomic E-state index is 3.75. The first-order valence-corrected chi connectivity index (χ1v) is 4.32. The van der Waals surface area contributed by atoms with Gasteiger partial charge in [0.15, 0.2) is 0 Å². The van der Waals surface area contributed by atoms with Crippen molar-refractivity contribution in [2.45, 2.75) is 6.54 Å². The number of benzene rings is 1. The van der Waals surface area contributed by atoms with Crippen LogP contribution in [0.1, 0.15) is 11.1 Å². The molecule has 12 heavy (non-hydrogen) atoms. The van der Waals surface area contributed by atoms with Crippen molar-refractivity contribution in [1.82, 2.24) is 4.90 Å². The largest absolute Gasteiger partial charge is 0.297 e. The Bertz CT molecular complexity index is 287. The lowest BCUT2D eigenvalue weighted by Gasteiger charge is -2.01. The van der Waals surface area contributed by atoms with Crippen molar-refractivity contribution in [2.75, 3.05) is 13.1 Å². The molecule has 62 valence electrons. The van der Waals surface area contributed by atoms with Gasteiger partial charge in [-0.25, -0.2) is 0 Å². The zero-order valence-electron chi connectivity index (χ0n) is 7.16. The van der Waals surface area contributed by atoms with Gasteiger partial charge in [0.25, 0.3) is 0 Å². The van der Waals surface area contributed by atoms with E-state index in [1.807, 2.05) is 6.08 Å². The third-order valence-corrected chi connectivity index (χ3v) is 2.13. The molecule has 0 saturated carbocycles. The fourth-order valence-electron chi connectivity index (χ4n) is 1.31. The maximum Gasteiger partial charge on any atom is 0.0235 e. The van der Waals surface area contributed by atoms with E-state index in [2.05, 4.69) is 35.7 Å². The van der Waals surface area contributed by atoms with Gasteiger partial charge in [-0.15, -0.1) is 0 Å². The second-order valence-electron chi connectivity index (χ2n) is 3.23. The van der Waals surface area contributed by atoms with Crippen molar-refractivity contribution >= 4 is 6.08 Å². The van der Waals surface area contributed by atoms with Crippen LogP contribution in [0.25, 0.3) is 6.08 Å². The van der Waals surface area contributed by atoms with Gasteiger partial charge >= 0.3 is 0 Å². The first-order valence-electron chi connectivity index (χ1n) is 4.32. The van der Waals surface area contributed by atoms with Crippen LogP contribution >= 0.6 is 0 Å². The van der Waals surface area contributed by atoms with Crippen LogP contribution in [0, 0.1) is 0 Å². The summed E-state index contributed by atoms with van der Waals surface area (Å²) < 4.78 is 0. The van der Waals surface area contributed by atoms with Gasteiger partial charge in [-0.05, 0) is 11.1 Å². The van der Waals surface area contributed by atoms with Gasteiger partial charge in [-0.3, -0.25) is 4.90 Å². The van der Waals surface area contributed by atoms with Crippen LogP contribution in [-0.4, -0.2) is 18.0 Å². The first-order chi connectivity index (χ1) is 5.88. The highest BCUT2D eigenvalue weighted by Crippen LogP contribution is 2.13. The van der Waals surface area contributed by atoms with Gasteiger partial charge in [0, 0.05) is 19.6 Å². The molecule has 1 nitrogen and oxygen atoms in total. The summed E-state index contributed by atoms with van der Waals surface area (Å²) in [6.45, 7) is 7.38. The zero-order chi connectivity index (χ0) is 8.39. The molecule has 0 spiro atoms. The predicted octanol–water partition coefficient (Wildman–Crippen LogP) is 2.15. The molecule has 1 saturated heterocycles. The van der Waals surface area contributed by atoms with Crippen LogP contribution < -0.4 is 0 Å². The van der Waals surface area contributed by atoms with Crippen molar-refractivity contribution in [1.29, 1.82) is 0 Å². The van der Waals surface area contributed by atoms with E-state index < -0.39 is 0 Å². The van der Waals surface area contributed by atoms with Gasteiger partial charge in [0.2, 0.25) is 0 Å². The normalized spacial score (nSPS) is 16.0. The number of hydrogen-bond donors (Lipinski definition) is 0. The van der Waals surface area contributed by atoms with E-state index in [0.29, 0.717) is 0 Å². The van der Waals surface area contributed by atoms with Gasteiger partial charge in [0.05, 0.1) is 0 Å². The van der Waals surface area contributed by atoms with Crippen molar-refractivity contribution in [3.05, 3.63) is 42.0 Å². The number of rotatable bonds is 3. The molecule has 1 aliphatic rings. The fraction of sp³-hybridized carbons (Fsp3) is 0.273. The van der Waals surface area contributed by atoms with Crippen molar-refractivity contribution in [3.63, 3.8) is 0 Å². The number of hydrogen-bond acceptors (Lipinski definition) is 1. The molecule has 1 heteroatoms. The van der Waals surface area contributed by atoms with E-state index in [9.17, 15) is 0 Å². The maximum absolute atomic E-state index is 3.75. The highest BCUT2D eigenvalue weighted by Gasteiger charge is 2.16. The lowest BCUT2D eigenvalue weighted by atomic mass is 10.1. The minimum absolute atomic E-state index is 1.10. The molecular weight excluding hydrogens is 146 g/mol. The van der Waals surface area contributed by atoms with Crippen LogP contribution in [0.5, 0.6) is 0 Å². The molecule has 0 radical (unpaired) electrons.